The van der Waals surface area contributed by atoms with Gasteiger partial charge in [0, 0.05) is 17.1 Å². The third kappa shape index (κ3) is 2.36. The molecule has 2 aromatic rings. The number of nitrogens with two attached hydrogens (primary N) is 1. The van der Waals surface area contributed by atoms with Gasteiger partial charge in [0.25, 0.3) is 0 Å². The monoisotopic (exact) mass is 299 g/mol. The average molecular weight is 300 g/mol. The second kappa shape index (κ2) is 4.91. The Morgan fingerprint density at radius 1 is 1.53 bits per heavy atom. The molecule has 0 aliphatic heterocycles. The zero-order valence-corrected chi connectivity index (χ0v) is 10.6. The van der Waals surface area contributed by atoms with Gasteiger partial charge in [-0.15, -0.1) is 5.10 Å². The topological polar surface area (TPSA) is 68.8 Å². The quantitative estimate of drug-likeness (QED) is 0.661. The number of hydrazine groups is 1. The highest BCUT2D eigenvalue weighted by Gasteiger charge is 2.20. The molecule has 0 saturated carbocycles. The largest absolute Gasteiger partial charge is 0.271 e. The maximum absolute atomic E-state index is 13.8. The van der Waals surface area contributed by atoms with Crippen LogP contribution in [0.4, 0.5) is 4.39 Å². The summed E-state index contributed by atoms with van der Waals surface area (Å²) in [6.07, 6.45) is 1.55. The first kappa shape index (κ1) is 12.2. The number of nitrogens with zero attached hydrogens (tertiary/aromatic N) is 3. The lowest BCUT2D eigenvalue weighted by molar-refractivity contribution is 0.530. The van der Waals surface area contributed by atoms with Crippen molar-refractivity contribution in [1.82, 2.24) is 20.4 Å². The molecule has 0 saturated heterocycles. The summed E-state index contributed by atoms with van der Waals surface area (Å²) in [5, 5.41) is 7.55. The van der Waals surface area contributed by atoms with Gasteiger partial charge in [-0.3, -0.25) is 10.5 Å². The molecule has 0 spiro atoms. The van der Waals surface area contributed by atoms with E-state index < -0.39 is 6.04 Å². The van der Waals surface area contributed by atoms with Crippen LogP contribution in [-0.4, -0.2) is 15.0 Å². The smallest absolute Gasteiger partial charge is 0.129 e. The van der Waals surface area contributed by atoms with E-state index in [1.165, 1.54) is 6.07 Å². The van der Waals surface area contributed by atoms with E-state index in [4.69, 9.17) is 5.84 Å². The molecule has 0 amide bonds. The Bertz CT molecular complexity index is 527. The van der Waals surface area contributed by atoms with Crippen LogP contribution in [0.25, 0.3) is 0 Å². The molecule has 0 aliphatic carbocycles. The van der Waals surface area contributed by atoms with Crippen LogP contribution in [0.5, 0.6) is 0 Å². The minimum atomic E-state index is -0.483. The predicted molar refractivity (Wildman–Crippen MR) is 64.3 cm³/mol. The Kier molecular flexibility index (Phi) is 3.51. The fourth-order valence-corrected chi connectivity index (χ4v) is 1.96. The van der Waals surface area contributed by atoms with Crippen LogP contribution in [0, 0.1) is 5.82 Å². The third-order valence-electron chi connectivity index (χ3n) is 2.49. The van der Waals surface area contributed by atoms with E-state index in [9.17, 15) is 4.39 Å². The van der Waals surface area contributed by atoms with E-state index in [1.54, 1.807) is 30.1 Å². The van der Waals surface area contributed by atoms with E-state index in [1.807, 2.05) is 0 Å². The Hall–Kier alpha value is -1.31. The highest BCUT2D eigenvalue weighted by Crippen LogP contribution is 2.25. The number of nitrogens with one attached hydrogen (secondary N) is 1. The van der Waals surface area contributed by atoms with Crippen molar-refractivity contribution in [3.05, 3.63) is 45.9 Å². The van der Waals surface area contributed by atoms with E-state index in [0.717, 1.165) is 0 Å². The van der Waals surface area contributed by atoms with Crippen LogP contribution in [0.2, 0.25) is 0 Å². The zero-order valence-electron chi connectivity index (χ0n) is 9.06. The molecule has 1 aromatic carbocycles. The summed E-state index contributed by atoms with van der Waals surface area (Å²) in [7, 11) is 1.73. The standard InChI is InChI=1S/C10H11BrFN5/c1-17-9(5-14-16-17)10(15-13)7-3-2-6(11)4-8(7)12/h2-5,10,15H,13H2,1H3. The van der Waals surface area contributed by atoms with Crippen molar-refractivity contribution in [3.8, 4) is 0 Å². The molecular formula is C10H11BrFN5. The van der Waals surface area contributed by atoms with Crippen LogP contribution in [-0.2, 0) is 7.05 Å². The first-order valence-corrected chi connectivity index (χ1v) is 5.68. The lowest BCUT2D eigenvalue weighted by Crippen LogP contribution is -2.31. The summed E-state index contributed by atoms with van der Waals surface area (Å²) >= 11 is 3.21. The first-order chi connectivity index (χ1) is 8.13. The van der Waals surface area contributed by atoms with E-state index in [-0.39, 0.29) is 5.82 Å². The summed E-state index contributed by atoms with van der Waals surface area (Å²) in [4.78, 5) is 0. The van der Waals surface area contributed by atoms with Crippen molar-refractivity contribution >= 4 is 15.9 Å². The Labute approximate surface area is 106 Å². The van der Waals surface area contributed by atoms with E-state index in [0.29, 0.717) is 15.7 Å². The fourth-order valence-electron chi connectivity index (χ4n) is 1.63. The number of halogens is 2. The molecule has 1 aromatic heterocycles. The van der Waals surface area contributed by atoms with Gasteiger partial charge in [-0.1, -0.05) is 27.2 Å². The highest BCUT2D eigenvalue weighted by atomic mass is 79.9. The molecule has 1 atom stereocenters. The molecule has 0 aliphatic rings. The van der Waals surface area contributed by atoms with Crippen molar-refractivity contribution in [3.63, 3.8) is 0 Å². The number of aromatic nitrogens is 3. The molecule has 0 fully saturated rings. The Balaban J connectivity index is 2.46. The SMILES string of the molecule is Cn1nncc1C(NN)c1ccc(Br)cc1F. The van der Waals surface area contributed by atoms with Gasteiger partial charge in [0.2, 0.25) is 0 Å². The normalized spacial score (nSPS) is 12.7. The maximum atomic E-state index is 13.8. The molecule has 17 heavy (non-hydrogen) atoms. The van der Waals surface area contributed by atoms with Gasteiger partial charge in [-0.25, -0.2) is 9.82 Å². The van der Waals surface area contributed by atoms with Crippen LogP contribution >= 0.6 is 15.9 Å². The van der Waals surface area contributed by atoms with Crippen molar-refractivity contribution in [1.29, 1.82) is 0 Å². The number of hydrogen-bond acceptors (Lipinski definition) is 4. The van der Waals surface area contributed by atoms with Crippen molar-refractivity contribution in [2.24, 2.45) is 12.9 Å². The summed E-state index contributed by atoms with van der Waals surface area (Å²) in [5.74, 6) is 5.13. The first-order valence-electron chi connectivity index (χ1n) is 4.89. The zero-order chi connectivity index (χ0) is 12.4. The van der Waals surface area contributed by atoms with Gasteiger partial charge in [-0.05, 0) is 12.1 Å². The molecule has 5 nitrogen and oxygen atoms in total. The van der Waals surface area contributed by atoms with Gasteiger partial charge >= 0.3 is 0 Å². The third-order valence-corrected chi connectivity index (χ3v) is 2.98. The molecule has 1 unspecified atom stereocenters. The van der Waals surface area contributed by atoms with Gasteiger partial charge in [0.15, 0.2) is 0 Å². The molecule has 0 bridgehead atoms. The number of hydrogen-bond donors (Lipinski definition) is 2. The predicted octanol–water partition coefficient (Wildman–Crippen LogP) is 1.27. The summed E-state index contributed by atoms with van der Waals surface area (Å²) in [5.41, 5.74) is 3.70. The van der Waals surface area contributed by atoms with Gasteiger partial charge in [-0.2, -0.15) is 0 Å². The maximum Gasteiger partial charge on any atom is 0.129 e. The second-order valence-corrected chi connectivity index (χ2v) is 4.46. The molecule has 3 N–H and O–H groups in total. The second-order valence-electron chi connectivity index (χ2n) is 3.55. The molecule has 2 rings (SSSR count). The summed E-state index contributed by atoms with van der Waals surface area (Å²) < 4.78 is 16.1. The van der Waals surface area contributed by atoms with Gasteiger partial charge in [0.1, 0.15) is 5.82 Å². The number of rotatable bonds is 3. The molecule has 0 radical (unpaired) electrons. The fraction of sp³-hybridized carbons (Fsp3) is 0.200. The van der Waals surface area contributed by atoms with Crippen LogP contribution in [0.15, 0.2) is 28.9 Å². The van der Waals surface area contributed by atoms with Gasteiger partial charge < -0.3 is 0 Å². The number of aryl methyl sites for hydroxylation is 1. The van der Waals surface area contributed by atoms with E-state index in [2.05, 4.69) is 31.7 Å². The molecular weight excluding hydrogens is 289 g/mol. The minimum Gasteiger partial charge on any atom is -0.271 e. The lowest BCUT2D eigenvalue weighted by Gasteiger charge is -2.16. The van der Waals surface area contributed by atoms with Crippen LogP contribution < -0.4 is 11.3 Å². The van der Waals surface area contributed by atoms with Crippen molar-refractivity contribution in [2.75, 3.05) is 0 Å². The average Bonchev–Trinajstić information content (AvgIpc) is 2.69. The molecule has 1 heterocycles. The minimum absolute atomic E-state index is 0.344. The highest BCUT2D eigenvalue weighted by molar-refractivity contribution is 9.10. The van der Waals surface area contributed by atoms with Crippen molar-refractivity contribution in [2.45, 2.75) is 6.04 Å². The van der Waals surface area contributed by atoms with E-state index >= 15 is 0 Å². The Morgan fingerprint density at radius 3 is 2.82 bits per heavy atom. The molecule has 90 valence electrons. The van der Waals surface area contributed by atoms with Crippen LogP contribution in [0.1, 0.15) is 17.3 Å². The van der Waals surface area contributed by atoms with Gasteiger partial charge in [0.05, 0.1) is 17.9 Å². The summed E-state index contributed by atoms with van der Waals surface area (Å²) in [6.45, 7) is 0. The Morgan fingerprint density at radius 2 is 2.29 bits per heavy atom. The summed E-state index contributed by atoms with van der Waals surface area (Å²) in [6, 6.07) is 4.33. The number of benzene rings is 1. The van der Waals surface area contributed by atoms with Crippen molar-refractivity contribution < 1.29 is 4.39 Å². The molecule has 7 heteroatoms. The van der Waals surface area contributed by atoms with Crippen LogP contribution in [0.3, 0.4) is 0 Å². The lowest BCUT2D eigenvalue weighted by atomic mass is 10.0.